The van der Waals surface area contributed by atoms with Gasteiger partial charge in [0.2, 0.25) is 0 Å². The molecule has 0 saturated carbocycles. The van der Waals surface area contributed by atoms with Gasteiger partial charge in [0.05, 0.1) is 16.6 Å². The van der Waals surface area contributed by atoms with Crippen molar-refractivity contribution in [3.05, 3.63) is 29.0 Å². The number of carbonyl (C=O) groups excluding carboxylic acids is 1. The Morgan fingerprint density at radius 2 is 2.05 bits per heavy atom. The highest BCUT2D eigenvalue weighted by Gasteiger charge is 2.19. The Bertz CT molecular complexity index is 523. The number of urea groups is 1. The van der Waals surface area contributed by atoms with Crippen LogP contribution in [0.1, 0.15) is 20.3 Å². The number of carboxylic acid groups (broad SMARTS) is 1. The second kappa shape index (κ2) is 7.83. The quantitative estimate of drug-likeness (QED) is 0.753. The van der Waals surface area contributed by atoms with E-state index in [0.717, 1.165) is 6.07 Å². The van der Waals surface area contributed by atoms with Gasteiger partial charge in [0, 0.05) is 6.54 Å². The van der Waals surface area contributed by atoms with Crippen LogP contribution in [0.4, 0.5) is 14.9 Å². The normalized spacial score (nSPS) is 12.0. The summed E-state index contributed by atoms with van der Waals surface area (Å²) < 4.78 is 12.9. The third-order valence-corrected chi connectivity index (χ3v) is 3.11. The average Bonchev–Trinajstić information content (AvgIpc) is 2.37. The lowest BCUT2D eigenvalue weighted by Crippen LogP contribution is -2.36. The molecule has 21 heavy (non-hydrogen) atoms. The molecule has 0 saturated heterocycles. The van der Waals surface area contributed by atoms with Gasteiger partial charge in [-0.3, -0.25) is 4.79 Å². The van der Waals surface area contributed by atoms with Crippen molar-refractivity contribution in [3.8, 4) is 0 Å². The van der Waals surface area contributed by atoms with Crippen molar-refractivity contribution in [2.75, 3.05) is 11.9 Å². The summed E-state index contributed by atoms with van der Waals surface area (Å²) in [6.07, 6.45) is 0.465. The number of hydrogen-bond donors (Lipinski definition) is 3. The molecule has 0 aliphatic rings. The number of hydrogen-bond acceptors (Lipinski definition) is 2. The molecule has 0 aliphatic heterocycles. The van der Waals surface area contributed by atoms with E-state index >= 15 is 0 Å². The summed E-state index contributed by atoms with van der Waals surface area (Å²) in [5.74, 6) is -1.90. The summed E-state index contributed by atoms with van der Waals surface area (Å²) in [5, 5.41) is 14.1. The highest BCUT2D eigenvalue weighted by Crippen LogP contribution is 2.22. The van der Waals surface area contributed by atoms with Crippen LogP contribution in [0.2, 0.25) is 5.02 Å². The van der Waals surface area contributed by atoms with Gasteiger partial charge in [-0.2, -0.15) is 0 Å². The number of amides is 2. The summed E-state index contributed by atoms with van der Waals surface area (Å²) in [5.41, 5.74) is 0.256. The summed E-state index contributed by atoms with van der Waals surface area (Å²) in [6, 6.07) is 2.99. The molecule has 2 amide bonds. The second-order valence-corrected chi connectivity index (χ2v) is 5.53. The van der Waals surface area contributed by atoms with Crippen LogP contribution in [0.3, 0.4) is 0 Å². The van der Waals surface area contributed by atoms with Crippen LogP contribution in [-0.2, 0) is 4.79 Å². The Balaban J connectivity index is 2.54. The number of aliphatic carboxylic acids is 1. The fourth-order valence-electron chi connectivity index (χ4n) is 1.81. The Morgan fingerprint density at radius 1 is 1.38 bits per heavy atom. The fraction of sp³-hybridized carbons (Fsp3) is 0.429. The number of carboxylic acids is 1. The lowest BCUT2D eigenvalue weighted by molar-refractivity contribution is -0.142. The van der Waals surface area contributed by atoms with Crippen molar-refractivity contribution in [1.82, 2.24) is 5.32 Å². The van der Waals surface area contributed by atoms with Crippen molar-refractivity contribution in [2.24, 2.45) is 11.8 Å². The largest absolute Gasteiger partial charge is 0.481 e. The van der Waals surface area contributed by atoms with Crippen LogP contribution in [0.25, 0.3) is 0 Å². The van der Waals surface area contributed by atoms with Gasteiger partial charge in [-0.05, 0) is 30.5 Å². The summed E-state index contributed by atoms with van der Waals surface area (Å²) in [6.45, 7) is 3.83. The van der Waals surface area contributed by atoms with Gasteiger partial charge < -0.3 is 15.7 Å². The Morgan fingerprint density at radius 3 is 2.57 bits per heavy atom. The van der Waals surface area contributed by atoms with Gasteiger partial charge in [0.1, 0.15) is 5.82 Å². The minimum atomic E-state index is -0.955. The molecular weight excluding hydrogens is 299 g/mol. The summed E-state index contributed by atoms with van der Waals surface area (Å²) >= 11 is 5.78. The molecule has 3 N–H and O–H groups in total. The standard InChI is InChI=1S/C14H18ClFN2O3/c1-8(2)5-9(13(19)20)7-17-14(21)18-12-4-3-10(16)6-11(12)15/h3-4,6,8-9H,5,7H2,1-2H3,(H,19,20)(H2,17,18,21). The van der Waals surface area contributed by atoms with Crippen LogP contribution in [0.5, 0.6) is 0 Å². The molecular formula is C14H18ClFN2O3. The lowest BCUT2D eigenvalue weighted by atomic mass is 9.97. The minimum Gasteiger partial charge on any atom is -0.481 e. The van der Waals surface area contributed by atoms with Crippen molar-refractivity contribution in [2.45, 2.75) is 20.3 Å². The summed E-state index contributed by atoms with van der Waals surface area (Å²) in [4.78, 5) is 22.8. The maximum absolute atomic E-state index is 12.9. The third-order valence-electron chi connectivity index (χ3n) is 2.79. The van der Waals surface area contributed by atoms with E-state index in [9.17, 15) is 14.0 Å². The van der Waals surface area contributed by atoms with Gasteiger partial charge in [0.15, 0.2) is 0 Å². The van der Waals surface area contributed by atoms with Gasteiger partial charge in [-0.25, -0.2) is 9.18 Å². The number of rotatable bonds is 6. The predicted molar refractivity (Wildman–Crippen MR) is 79.0 cm³/mol. The first-order valence-electron chi connectivity index (χ1n) is 6.52. The first-order valence-corrected chi connectivity index (χ1v) is 6.90. The van der Waals surface area contributed by atoms with E-state index in [2.05, 4.69) is 10.6 Å². The third kappa shape index (κ3) is 5.99. The van der Waals surface area contributed by atoms with E-state index < -0.39 is 23.7 Å². The highest BCUT2D eigenvalue weighted by molar-refractivity contribution is 6.33. The molecule has 0 radical (unpaired) electrons. The highest BCUT2D eigenvalue weighted by atomic mass is 35.5. The molecule has 0 aliphatic carbocycles. The number of benzene rings is 1. The SMILES string of the molecule is CC(C)CC(CNC(=O)Nc1ccc(F)cc1Cl)C(=O)O. The summed E-state index contributed by atoms with van der Waals surface area (Å²) in [7, 11) is 0. The lowest BCUT2D eigenvalue weighted by Gasteiger charge is -2.16. The molecule has 5 nitrogen and oxygen atoms in total. The Labute approximate surface area is 127 Å². The molecule has 1 atom stereocenters. The van der Waals surface area contributed by atoms with Crippen molar-refractivity contribution < 1.29 is 19.1 Å². The molecule has 1 unspecified atom stereocenters. The van der Waals surface area contributed by atoms with Gasteiger partial charge >= 0.3 is 12.0 Å². The van der Waals surface area contributed by atoms with E-state index in [1.807, 2.05) is 13.8 Å². The van der Waals surface area contributed by atoms with Crippen molar-refractivity contribution in [1.29, 1.82) is 0 Å². The number of carbonyl (C=O) groups is 2. The predicted octanol–water partition coefficient (Wildman–Crippen LogP) is 3.35. The van der Waals surface area contributed by atoms with E-state index in [-0.39, 0.29) is 23.2 Å². The number of halogens is 2. The molecule has 1 rings (SSSR count). The van der Waals surface area contributed by atoms with Crippen LogP contribution in [0.15, 0.2) is 18.2 Å². The van der Waals surface area contributed by atoms with Crippen LogP contribution in [0, 0.1) is 17.7 Å². The van der Waals surface area contributed by atoms with Gasteiger partial charge in [0.25, 0.3) is 0 Å². The first kappa shape index (κ1) is 17.2. The zero-order valence-electron chi connectivity index (χ0n) is 11.8. The van der Waals surface area contributed by atoms with Crippen LogP contribution < -0.4 is 10.6 Å². The van der Waals surface area contributed by atoms with Crippen molar-refractivity contribution in [3.63, 3.8) is 0 Å². The Kier molecular flexibility index (Phi) is 6.42. The first-order chi connectivity index (χ1) is 9.79. The molecule has 0 aromatic heterocycles. The molecule has 0 bridgehead atoms. The average molecular weight is 317 g/mol. The van der Waals surface area contributed by atoms with E-state index in [4.69, 9.17) is 16.7 Å². The topological polar surface area (TPSA) is 78.4 Å². The van der Waals surface area contributed by atoms with E-state index in [1.165, 1.54) is 12.1 Å². The zero-order chi connectivity index (χ0) is 16.0. The smallest absolute Gasteiger partial charge is 0.319 e. The van der Waals surface area contributed by atoms with Crippen LogP contribution in [-0.4, -0.2) is 23.7 Å². The molecule has 116 valence electrons. The monoisotopic (exact) mass is 316 g/mol. The molecule has 1 aromatic carbocycles. The zero-order valence-corrected chi connectivity index (χ0v) is 12.6. The fourth-order valence-corrected chi connectivity index (χ4v) is 2.03. The minimum absolute atomic E-state index is 0.0121. The second-order valence-electron chi connectivity index (χ2n) is 5.12. The number of anilines is 1. The van der Waals surface area contributed by atoms with Crippen molar-refractivity contribution >= 4 is 29.3 Å². The maximum Gasteiger partial charge on any atom is 0.319 e. The van der Waals surface area contributed by atoms with Gasteiger partial charge in [-0.15, -0.1) is 0 Å². The molecule has 0 fully saturated rings. The van der Waals surface area contributed by atoms with Crippen LogP contribution >= 0.6 is 11.6 Å². The maximum atomic E-state index is 12.9. The van der Waals surface area contributed by atoms with E-state index in [0.29, 0.717) is 6.42 Å². The molecule has 1 aromatic rings. The van der Waals surface area contributed by atoms with Gasteiger partial charge in [-0.1, -0.05) is 25.4 Å². The molecule has 7 heteroatoms. The Hall–Kier alpha value is -1.82. The number of nitrogens with one attached hydrogen (secondary N) is 2. The molecule has 0 heterocycles. The van der Waals surface area contributed by atoms with E-state index in [1.54, 1.807) is 0 Å². The molecule has 0 spiro atoms.